The lowest BCUT2D eigenvalue weighted by Crippen LogP contribution is -2.26. The summed E-state index contributed by atoms with van der Waals surface area (Å²) in [6, 6.07) is 20.9. The molecule has 166 valence electrons. The first-order valence-electron chi connectivity index (χ1n) is 10.8. The molecule has 0 saturated heterocycles. The highest BCUT2D eigenvalue weighted by molar-refractivity contribution is 6.05. The number of benzene rings is 3. The van der Waals surface area contributed by atoms with E-state index in [1.165, 1.54) is 29.8 Å². The van der Waals surface area contributed by atoms with Gasteiger partial charge in [-0.15, -0.1) is 0 Å². The molecule has 3 aromatic rings. The lowest BCUT2D eigenvalue weighted by molar-refractivity contribution is 0.0949. The van der Waals surface area contributed by atoms with Crippen LogP contribution in [-0.4, -0.2) is 34.9 Å². The van der Waals surface area contributed by atoms with Gasteiger partial charge in [-0.2, -0.15) is 0 Å². The Bertz CT molecular complexity index is 1060. The van der Waals surface area contributed by atoms with Crippen LogP contribution in [0.4, 0.5) is 5.69 Å². The first-order chi connectivity index (χ1) is 15.5. The zero-order valence-electron chi connectivity index (χ0n) is 18.5. The number of amides is 2. The van der Waals surface area contributed by atoms with Gasteiger partial charge < -0.3 is 15.7 Å². The number of phenols is 1. The molecule has 3 aromatic carbocycles. The van der Waals surface area contributed by atoms with Crippen molar-refractivity contribution in [2.24, 2.45) is 0 Å². The minimum absolute atomic E-state index is 0.0962. The highest BCUT2D eigenvalue weighted by Crippen LogP contribution is 2.16. The summed E-state index contributed by atoms with van der Waals surface area (Å²) < 4.78 is 0. The van der Waals surface area contributed by atoms with Crippen LogP contribution in [0, 0.1) is 0 Å². The van der Waals surface area contributed by atoms with Gasteiger partial charge in [0.05, 0.1) is 0 Å². The molecule has 0 aliphatic carbocycles. The molecule has 3 N–H and O–H groups in total. The van der Waals surface area contributed by atoms with E-state index >= 15 is 0 Å². The molecule has 0 radical (unpaired) electrons. The number of aromatic hydroxyl groups is 1. The quantitative estimate of drug-likeness (QED) is 0.469. The predicted molar refractivity (Wildman–Crippen MR) is 127 cm³/mol. The molecule has 0 bridgehead atoms. The molecular weight excluding hydrogens is 402 g/mol. The zero-order chi connectivity index (χ0) is 22.9. The Labute approximate surface area is 188 Å². The van der Waals surface area contributed by atoms with Crippen LogP contribution in [0.3, 0.4) is 0 Å². The summed E-state index contributed by atoms with van der Waals surface area (Å²) >= 11 is 0. The van der Waals surface area contributed by atoms with E-state index in [9.17, 15) is 14.7 Å². The van der Waals surface area contributed by atoms with Gasteiger partial charge in [-0.25, -0.2) is 0 Å². The minimum atomic E-state index is -0.312. The first-order valence-corrected chi connectivity index (χ1v) is 10.8. The Morgan fingerprint density at radius 3 is 2.19 bits per heavy atom. The fourth-order valence-electron chi connectivity index (χ4n) is 3.40. The number of rotatable bonds is 9. The SMILES string of the molecule is CCN(CC)Cc1ccccc1CNC(=O)c1cccc(NC(=O)c2ccc(O)cc2)c1. The number of hydrogen-bond donors (Lipinski definition) is 3. The lowest BCUT2D eigenvalue weighted by Gasteiger charge is -2.20. The zero-order valence-corrected chi connectivity index (χ0v) is 18.5. The predicted octanol–water partition coefficient (Wildman–Crippen LogP) is 4.42. The molecule has 0 aliphatic heterocycles. The van der Waals surface area contributed by atoms with Crippen LogP contribution < -0.4 is 10.6 Å². The van der Waals surface area contributed by atoms with Gasteiger partial charge in [-0.1, -0.05) is 44.2 Å². The normalized spacial score (nSPS) is 10.7. The number of carbonyl (C=O) groups is 2. The van der Waals surface area contributed by atoms with Crippen molar-refractivity contribution in [2.45, 2.75) is 26.9 Å². The molecular formula is C26H29N3O3. The summed E-state index contributed by atoms with van der Waals surface area (Å²) in [6.07, 6.45) is 0. The molecule has 0 aliphatic rings. The van der Waals surface area contributed by atoms with Crippen molar-refractivity contribution < 1.29 is 14.7 Å². The summed E-state index contributed by atoms with van der Waals surface area (Å²) in [6.45, 7) is 7.50. The van der Waals surface area contributed by atoms with Crippen LogP contribution in [0.25, 0.3) is 0 Å². The van der Waals surface area contributed by atoms with Crippen molar-refractivity contribution in [1.82, 2.24) is 10.2 Å². The third kappa shape index (κ3) is 6.18. The maximum atomic E-state index is 12.7. The van der Waals surface area contributed by atoms with E-state index < -0.39 is 0 Å². The number of hydrogen-bond acceptors (Lipinski definition) is 4. The molecule has 0 fully saturated rings. The molecule has 3 rings (SSSR count). The topological polar surface area (TPSA) is 81.7 Å². The van der Waals surface area contributed by atoms with Crippen molar-refractivity contribution >= 4 is 17.5 Å². The van der Waals surface area contributed by atoms with Gasteiger partial charge in [-0.3, -0.25) is 14.5 Å². The summed E-state index contributed by atoms with van der Waals surface area (Å²) in [5.74, 6) is -0.421. The second-order valence-corrected chi connectivity index (χ2v) is 7.49. The van der Waals surface area contributed by atoms with Crippen molar-refractivity contribution in [3.63, 3.8) is 0 Å². The van der Waals surface area contributed by atoms with Gasteiger partial charge in [-0.05, 0) is 66.7 Å². The number of phenolic OH excluding ortho intramolecular Hbond substituents is 1. The molecule has 0 aromatic heterocycles. The minimum Gasteiger partial charge on any atom is -0.508 e. The van der Waals surface area contributed by atoms with E-state index in [-0.39, 0.29) is 17.6 Å². The van der Waals surface area contributed by atoms with Gasteiger partial charge >= 0.3 is 0 Å². The fourth-order valence-corrected chi connectivity index (χ4v) is 3.40. The van der Waals surface area contributed by atoms with Crippen molar-refractivity contribution in [2.75, 3.05) is 18.4 Å². The highest BCUT2D eigenvalue weighted by Gasteiger charge is 2.11. The Morgan fingerprint density at radius 2 is 1.50 bits per heavy atom. The van der Waals surface area contributed by atoms with E-state index in [2.05, 4.69) is 35.4 Å². The van der Waals surface area contributed by atoms with Crippen LogP contribution in [0.5, 0.6) is 5.75 Å². The maximum absolute atomic E-state index is 12.7. The molecule has 0 spiro atoms. The Kier molecular flexibility index (Phi) is 8.00. The van der Waals surface area contributed by atoms with Gasteiger partial charge in [0.25, 0.3) is 11.8 Å². The van der Waals surface area contributed by atoms with Crippen LogP contribution in [0.2, 0.25) is 0 Å². The molecule has 0 heterocycles. The van der Waals surface area contributed by atoms with Gasteiger partial charge in [0.15, 0.2) is 0 Å². The van der Waals surface area contributed by atoms with Crippen molar-refractivity contribution in [1.29, 1.82) is 0 Å². The molecule has 32 heavy (non-hydrogen) atoms. The van der Waals surface area contributed by atoms with E-state index in [1.54, 1.807) is 24.3 Å². The fraction of sp³-hybridized carbons (Fsp3) is 0.231. The van der Waals surface area contributed by atoms with E-state index in [4.69, 9.17) is 0 Å². The second-order valence-electron chi connectivity index (χ2n) is 7.49. The van der Waals surface area contributed by atoms with Crippen LogP contribution >= 0.6 is 0 Å². The van der Waals surface area contributed by atoms with E-state index in [0.717, 1.165) is 25.2 Å². The second kappa shape index (κ2) is 11.1. The van der Waals surface area contributed by atoms with Crippen LogP contribution in [-0.2, 0) is 13.1 Å². The van der Waals surface area contributed by atoms with Crippen LogP contribution in [0.1, 0.15) is 45.7 Å². The monoisotopic (exact) mass is 431 g/mol. The van der Waals surface area contributed by atoms with E-state index in [1.807, 2.05) is 18.2 Å². The van der Waals surface area contributed by atoms with E-state index in [0.29, 0.717) is 23.4 Å². The number of carbonyl (C=O) groups excluding carboxylic acids is 2. The lowest BCUT2D eigenvalue weighted by atomic mass is 10.1. The number of nitrogens with one attached hydrogen (secondary N) is 2. The van der Waals surface area contributed by atoms with Gasteiger partial charge in [0.2, 0.25) is 0 Å². The van der Waals surface area contributed by atoms with Gasteiger partial charge in [0, 0.05) is 29.9 Å². The summed E-state index contributed by atoms with van der Waals surface area (Å²) in [5, 5.41) is 15.1. The summed E-state index contributed by atoms with van der Waals surface area (Å²) in [4.78, 5) is 27.5. The average Bonchev–Trinajstić information content (AvgIpc) is 2.82. The molecule has 6 heteroatoms. The Balaban J connectivity index is 1.64. The molecule has 6 nitrogen and oxygen atoms in total. The third-order valence-electron chi connectivity index (χ3n) is 5.36. The van der Waals surface area contributed by atoms with Crippen molar-refractivity contribution in [3.05, 3.63) is 95.1 Å². The first kappa shape index (κ1) is 23.0. The van der Waals surface area contributed by atoms with Crippen molar-refractivity contribution in [3.8, 4) is 5.75 Å². The Morgan fingerprint density at radius 1 is 0.812 bits per heavy atom. The molecule has 0 atom stereocenters. The Hall–Kier alpha value is -3.64. The standard InChI is InChI=1S/C26H29N3O3/c1-3-29(4-2)18-22-9-6-5-8-21(22)17-27-25(31)20-10-7-11-23(16-20)28-26(32)19-12-14-24(30)15-13-19/h5-16,30H,3-4,17-18H2,1-2H3,(H,27,31)(H,28,32). The highest BCUT2D eigenvalue weighted by atomic mass is 16.3. The number of nitrogens with zero attached hydrogens (tertiary/aromatic N) is 1. The van der Waals surface area contributed by atoms with Gasteiger partial charge in [0.1, 0.15) is 5.75 Å². The molecule has 2 amide bonds. The largest absolute Gasteiger partial charge is 0.508 e. The average molecular weight is 432 g/mol. The smallest absolute Gasteiger partial charge is 0.255 e. The summed E-state index contributed by atoms with van der Waals surface area (Å²) in [7, 11) is 0. The number of anilines is 1. The molecule has 0 saturated carbocycles. The maximum Gasteiger partial charge on any atom is 0.255 e. The molecule has 0 unspecified atom stereocenters. The summed E-state index contributed by atoms with van der Waals surface area (Å²) in [5.41, 5.74) is 3.70. The van der Waals surface area contributed by atoms with Crippen LogP contribution in [0.15, 0.2) is 72.8 Å². The third-order valence-corrected chi connectivity index (χ3v) is 5.36.